The number of ether oxygens (including phenoxy) is 3. The third-order valence-corrected chi connectivity index (χ3v) is 8.11. The Morgan fingerprint density at radius 3 is 2.70 bits per heavy atom. The highest BCUT2D eigenvalue weighted by Gasteiger charge is 2.41. The molecule has 2 N–H and O–H groups in total. The van der Waals surface area contributed by atoms with Gasteiger partial charge in [-0.15, -0.1) is 0 Å². The van der Waals surface area contributed by atoms with Gasteiger partial charge in [0.1, 0.15) is 11.8 Å². The molecule has 3 aliphatic rings. The van der Waals surface area contributed by atoms with Crippen LogP contribution in [0.3, 0.4) is 0 Å². The van der Waals surface area contributed by atoms with Crippen molar-refractivity contribution in [1.29, 1.82) is 0 Å². The average Bonchev–Trinajstić information content (AvgIpc) is 3.02. The van der Waals surface area contributed by atoms with Crippen LogP contribution < -0.4 is 10.1 Å². The molecule has 1 saturated carbocycles. The van der Waals surface area contributed by atoms with Gasteiger partial charge in [-0.3, -0.25) is 14.7 Å². The number of aliphatic imine (C=N–C) groups is 1. The van der Waals surface area contributed by atoms with Gasteiger partial charge in [0.25, 0.3) is 5.91 Å². The van der Waals surface area contributed by atoms with E-state index in [9.17, 15) is 18.0 Å². The number of halogens is 3. The quantitative estimate of drug-likeness (QED) is 0.437. The van der Waals surface area contributed by atoms with Crippen molar-refractivity contribution >= 4 is 17.7 Å². The van der Waals surface area contributed by atoms with E-state index in [0.717, 1.165) is 54.6 Å². The van der Waals surface area contributed by atoms with Crippen LogP contribution in [0.1, 0.15) is 60.5 Å². The molecule has 2 fully saturated rings. The summed E-state index contributed by atoms with van der Waals surface area (Å²) in [4.78, 5) is 24.7. The number of pyridine rings is 1. The van der Waals surface area contributed by atoms with Crippen molar-refractivity contribution < 1.29 is 37.3 Å². The fourth-order valence-corrected chi connectivity index (χ4v) is 5.83. The fraction of sp³-hybridized carbons (Fsp3) is 0.516. The van der Waals surface area contributed by atoms with Gasteiger partial charge in [-0.2, -0.15) is 13.2 Å². The molecule has 1 saturated heterocycles. The van der Waals surface area contributed by atoms with Crippen molar-refractivity contribution in [3.05, 3.63) is 65.0 Å². The van der Waals surface area contributed by atoms with Gasteiger partial charge in [0.15, 0.2) is 0 Å². The zero-order valence-electron chi connectivity index (χ0n) is 24.1. The van der Waals surface area contributed by atoms with Crippen molar-refractivity contribution in [2.45, 2.75) is 63.1 Å². The molecule has 1 amide bonds. The van der Waals surface area contributed by atoms with E-state index in [1.54, 1.807) is 12.4 Å². The molecule has 0 bridgehead atoms. The molecular formula is C31H37F3N4O5. The van der Waals surface area contributed by atoms with Crippen LogP contribution in [-0.2, 0) is 15.7 Å². The smallest absolute Gasteiger partial charge is 0.416 e. The Morgan fingerprint density at radius 2 is 1.98 bits per heavy atom. The molecule has 1 aromatic carbocycles. The first-order valence-corrected chi connectivity index (χ1v) is 14.6. The Kier molecular flexibility index (Phi) is 9.80. The molecule has 2 aromatic rings. The number of carbonyl (C=O) groups is 1. The summed E-state index contributed by atoms with van der Waals surface area (Å²) < 4.78 is 57.4. The maximum atomic E-state index is 13.4. The highest BCUT2D eigenvalue weighted by Crippen LogP contribution is 2.35. The zero-order valence-corrected chi connectivity index (χ0v) is 24.1. The van der Waals surface area contributed by atoms with E-state index < -0.39 is 23.3 Å². The van der Waals surface area contributed by atoms with Gasteiger partial charge < -0.3 is 24.6 Å². The molecule has 1 unspecified atom stereocenters. The largest absolute Gasteiger partial charge is 0.474 e. The lowest BCUT2D eigenvalue weighted by molar-refractivity contribution is -0.137. The van der Waals surface area contributed by atoms with Crippen molar-refractivity contribution in [3.8, 4) is 5.88 Å². The molecular weight excluding hydrogens is 565 g/mol. The maximum Gasteiger partial charge on any atom is 0.416 e. The SMILES string of the molecule is CC1=C(c2ccc(O[C@@H]3CCC[C@@H](OCCO)C3)nc2)CC(NC(=O)c2cccc(C(F)(F)F)c2)(N2CCOCC2)C=N1. The van der Waals surface area contributed by atoms with E-state index in [0.29, 0.717) is 45.2 Å². The molecule has 2 aliphatic heterocycles. The van der Waals surface area contributed by atoms with Crippen LogP contribution in [0.4, 0.5) is 13.2 Å². The molecule has 0 spiro atoms. The first-order valence-electron chi connectivity index (χ1n) is 14.6. The number of morpholine rings is 1. The standard InChI is InChI=1S/C31H37F3N4O5/c1-21-27(23-8-9-28(35-19-23)43-26-7-3-6-25(17-26)42-15-12-39)18-30(20-36-21,38-10-13-41-14-11-38)37-29(40)22-4-2-5-24(16-22)31(32,33)34/h2,4-5,8-9,16,19-20,25-26,39H,3,6-7,10-15,17-18H2,1H3,(H,37,40)/t25-,26-,30?/m1/s1. The number of hydrogen-bond acceptors (Lipinski definition) is 8. The maximum absolute atomic E-state index is 13.4. The van der Waals surface area contributed by atoms with Gasteiger partial charge >= 0.3 is 6.18 Å². The Morgan fingerprint density at radius 1 is 1.19 bits per heavy atom. The van der Waals surface area contributed by atoms with Crippen molar-refractivity contribution in [1.82, 2.24) is 15.2 Å². The molecule has 0 radical (unpaired) electrons. The van der Waals surface area contributed by atoms with E-state index in [-0.39, 0.29) is 24.4 Å². The highest BCUT2D eigenvalue weighted by molar-refractivity contribution is 5.98. The topological polar surface area (TPSA) is 106 Å². The Hall–Kier alpha value is -3.32. The molecule has 1 aromatic heterocycles. The van der Waals surface area contributed by atoms with Crippen molar-refractivity contribution in [2.75, 3.05) is 39.5 Å². The number of aliphatic hydroxyl groups excluding tert-OH is 1. The summed E-state index contributed by atoms with van der Waals surface area (Å²) >= 11 is 0. The van der Waals surface area contributed by atoms with Crippen LogP contribution in [0.25, 0.3) is 5.57 Å². The van der Waals surface area contributed by atoms with E-state index in [4.69, 9.17) is 19.3 Å². The Labute approximate surface area is 248 Å². The first kappa shape index (κ1) is 31.1. The van der Waals surface area contributed by atoms with E-state index in [1.807, 2.05) is 24.0 Å². The lowest BCUT2D eigenvalue weighted by Gasteiger charge is -2.45. The Bertz CT molecular complexity index is 1330. The van der Waals surface area contributed by atoms with E-state index in [2.05, 4.69) is 15.3 Å². The monoisotopic (exact) mass is 602 g/mol. The third-order valence-electron chi connectivity index (χ3n) is 8.11. The minimum atomic E-state index is -4.56. The van der Waals surface area contributed by atoms with Crippen LogP contribution in [0.5, 0.6) is 5.88 Å². The summed E-state index contributed by atoms with van der Waals surface area (Å²) in [7, 11) is 0. The van der Waals surface area contributed by atoms with E-state index >= 15 is 0 Å². The average molecular weight is 603 g/mol. The normalized spacial score (nSPS) is 25.0. The molecule has 43 heavy (non-hydrogen) atoms. The van der Waals surface area contributed by atoms with E-state index in [1.165, 1.54) is 12.1 Å². The number of nitrogens with zero attached hydrogens (tertiary/aromatic N) is 3. The summed E-state index contributed by atoms with van der Waals surface area (Å²) in [6.45, 7) is 4.11. The van der Waals surface area contributed by atoms with Crippen LogP contribution in [0.2, 0.25) is 0 Å². The Balaban J connectivity index is 1.34. The second kappa shape index (κ2) is 13.5. The number of alkyl halides is 3. The van der Waals surface area contributed by atoms with Crippen LogP contribution in [0.15, 0.2) is 53.3 Å². The van der Waals surface area contributed by atoms with Crippen LogP contribution in [-0.4, -0.2) is 84.5 Å². The highest BCUT2D eigenvalue weighted by atomic mass is 19.4. The van der Waals surface area contributed by atoms with Crippen LogP contribution >= 0.6 is 0 Å². The molecule has 3 heterocycles. The number of aliphatic hydroxyl groups is 1. The number of nitrogens with one attached hydrogen (secondary N) is 1. The van der Waals surface area contributed by atoms with Gasteiger partial charge in [-0.1, -0.05) is 6.07 Å². The van der Waals surface area contributed by atoms with Crippen molar-refractivity contribution in [2.24, 2.45) is 4.99 Å². The molecule has 232 valence electrons. The summed E-state index contributed by atoms with van der Waals surface area (Å²) in [6.07, 6.45) is 2.73. The first-order chi connectivity index (χ1) is 20.7. The van der Waals surface area contributed by atoms with Crippen LogP contribution in [0, 0.1) is 0 Å². The molecule has 3 atom stereocenters. The molecule has 12 heteroatoms. The summed E-state index contributed by atoms with van der Waals surface area (Å²) in [5, 5.41) is 12.1. The number of rotatable bonds is 9. The zero-order chi connectivity index (χ0) is 30.5. The predicted octanol–water partition coefficient (Wildman–Crippen LogP) is 4.46. The number of hydrogen-bond donors (Lipinski definition) is 2. The number of amides is 1. The van der Waals surface area contributed by atoms with Gasteiger partial charge in [-0.05, 0) is 61.6 Å². The fourth-order valence-electron chi connectivity index (χ4n) is 5.83. The second-order valence-electron chi connectivity index (χ2n) is 11.1. The summed E-state index contributed by atoms with van der Waals surface area (Å²) in [6, 6.07) is 8.12. The van der Waals surface area contributed by atoms with Gasteiger partial charge in [0, 0.05) is 55.7 Å². The summed E-state index contributed by atoms with van der Waals surface area (Å²) in [5.74, 6) is -0.134. The third kappa shape index (κ3) is 7.61. The predicted molar refractivity (Wildman–Crippen MR) is 154 cm³/mol. The summed E-state index contributed by atoms with van der Waals surface area (Å²) in [5.41, 5.74) is 0.365. The lowest BCUT2D eigenvalue weighted by Crippen LogP contribution is -2.65. The minimum absolute atomic E-state index is 0.00783. The number of aromatic nitrogens is 1. The van der Waals surface area contributed by atoms with Gasteiger partial charge in [0.05, 0.1) is 38.1 Å². The number of benzene rings is 1. The minimum Gasteiger partial charge on any atom is -0.474 e. The second-order valence-corrected chi connectivity index (χ2v) is 11.1. The molecule has 5 rings (SSSR count). The lowest BCUT2D eigenvalue weighted by atomic mass is 9.90. The molecule has 1 aliphatic carbocycles. The number of carbonyl (C=O) groups excluding carboxylic acids is 1. The van der Waals surface area contributed by atoms with Crippen molar-refractivity contribution in [3.63, 3.8) is 0 Å². The van der Waals surface area contributed by atoms with Gasteiger partial charge in [0.2, 0.25) is 5.88 Å². The molecule has 9 nitrogen and oxygen atoms in total. The van der Waals surface area contributed by atoms with Gasteiger partial charge in [-0.25, -0.2) is 4.98 Å². The number of allylic oxidation sites excluding steroid dienone is 1.